The van der Waals surface area contributed by atoms with Gasteiger partial charge in [0.15, 0.2) is 0 Å². The van der Waals surface area contributed by atoms with Crippen LogP contribution in [-0.4, -0.2) is 48.8 Å². The Morgan fingerprint density at radius 2 is 2.17 bits per heavy atom. The molecule has 2 aromatic rings. The van der Waals surface area contributed by atoms with Gasteiger partial charge in [-0.1, -0.05) is 6.08 Å². The molecule has 2 bridgehead atoms. The minimum atomic E-state index is -4.32. The van der Waals surface area contributed by atoms with Gasteiger partial charge in [-0.3, -0.25) is 9.48 Å². The minimum absolute atomic E-state index is 0.0783. The van der Waals surface area contributed by atoms with E-state index < -0.39 is 24.9 Å². The lowest BCUT2D eigenvalue weighted by Crippen LogP contribution is -2.43. The summed E-state index contributed by atoms with van der Waals surface area (Å²) in [6.45, 7) is 0. The van der Waals surface area contributed by atoms with Crippen molar-refractivity contribution in [2.24, 2.45) is 7.05 Å². The van der Waals surface area contributed by atoms with E-state index in [-0.39, 0.29) is 12.1 Å². The van der Waals surface area contributed by atoms with E-state index >= 15 is 0 Å². The second-order valence-electron chi connectivity index (χ2n) is 7.40. The maximum atomic E-state index is 12.5. The zero-order valence-electron chi connectivity index (χ0n) is 15.9. The van der Waals surface area contributed by atoms with Crippen LogP contribution in [0.5, 0.6) is 0 Å². The Morgan fingerprint density at radius 3 is 2.86 bits per heavy atom. The van der Waals surface area contributed by atoms with Crippen LogP contribution in [0.3, 0.4) is 0 Å². The van der Waals surface area contributed by atoms with E-state index in [2.05, 4.69) is 20.4 Å². The highest BCUT2D eigenvalue weighted by atomic mass is 19.4. The smallest absolute Gasteiger partial charge is 0.333 e. The number of carbonyl (C=O) groups excluding carboxylic acids is 1. The molecule has 29 heavy (non-hydrogen) atoms. The van der Waals surface area contributed by atoms with Crippen LogP contribution in [0.15, 0.2) is 30.7 Å². The predicted octanol–water partition coefficient (Wildman–Crippen LogP) is 3.44. The minimum Gasteiger partial charge on any atom is -0.333 e. The normalized spacial score (nSPS) is 21.2. The molecule has 1 amide bonds. The summed E-state index contributed by atoms with van der Waals surface area (Å²) in [5.41, 5.74) is 2.52. The van der Waals surface area contributed by atoms with Crippen molar-refractivity contribution in [3.8, 4) is 0 Å². The van der Waals surface area contributed by atoms with Crippen molar-refractivity contribution >= 4 is 23.1 Å². The predicted molar refractivity (Wildman–Crippen MR) is 100 cm³/mol. The second kappa shape index (κ2) is 7.49. The lowest BCUT2D eigenvalue weighted by Gasteiger charge is -2.34. The summed E-state index contributed by atoms with van der Waals surface area (Å²) in [4.78, 5) is 22.8. The summed E-state index contributed by atoms with van der Waals surface area (Å²) in [5, 5.41) is 7.18. The van der Waals surface area contributed by atoms with Crippen molar-refractivity contribution in [1.29, 1.82) is 0 Å². The van der Waals surface area contributed by atoms with Crippen LogP contribution in [-0.2, 0) is 11.8 Å². The molecule has 1 fully saturated rings. The van der Waals surface area contributed by atoms with Gasteiger partial charge < -0.3 is 10.2 Å². The number of hydrogen-bond acceptors (Lipinski definition) is 5. The number of carbonyl (C=O) groups is 1. The Bertz CT molecular complexity index is 938. The van der Waals surface area contributed by atoms with E-state index in [1.165, 1.54) is 0 Å². The molecule has 2 aliphatic heterocycles. The average molecular weight is 406 g/mol. The number of anilines is 2. The molecule has 0 spiro atoms. The Balaban J connectivity index is 1.48. The van der Waals surface area contributed by atoms with Crippen LogP contribution in [0.4, 0.5) is 24.8 Å². The molecule has 0 saturated carbocycles. The molecule has 2 atom stereocenters. The van der Waals surface area contributed by atoms with Gasteiger partial charge in [-0.25, -0.2) is 9.97 Å². The standard InChI is InChI=1S/C19H21F3N6O/c1-27-11-13(10-24-27)25-18-23-7-5-16(26-18)12-8-14-2-3-15(9-12)28(14)17(29)4-6-19(20,21)22/h5,7-8,10-11,14-15H,2-4,6,9H2,1H3,(H,23,25,26)/t14-,15+/m1/s1. The first-order valence-corrected chi connectivity index (χ1v) is 9.46. The topological polar surface area (TPSA) is 75.9 Å². The molecule has 1 saturated heterocycles. The lowest BCUT2D eigenvalue weighted by molar-refractivity contribution is -0.150. The Labute approximate surface area is 165 Å². The van der Waals surface area contributed by atoms with Gasteiger partial charge in [-0.2, -0.15) is 18.3 Å². The van der Waals surface area contributed by atoms with Gasteiger partial charge in [0.05, 0.1) is 30.0 Å². The highest BCUT2D eigenvalue weighted by molar-refractivity contribution is 5.80. The first-order valence-electron chi connectivity index (χ1n) is 9.46. The SMILES string of the molecule is Cn1cc(Nc2nccc(C3=C[C@H]4CC[C@@H](C3)N4C(=O)CCC(F)(F)F)n2)cn1. The average Bonchev–Trinajstić information content (AvgIpc) is 3.19. The summed E-state index contributed by atoms with van der Waals surface area (Å²) in [5.74, 6) is 0.0131. The number of nitrogens with zero attached hydrogens (tertiary/aromatic N) is 5. The van der Waals surface area contributed by atoms with Gasteiger partial charge in [0.25, 0.3) is 0 Å². The highest BCUT2D eigenvalue weighted by Crippen LogP contribution is 2.39. The molecule has 7 nitrogen and oxygen atoms in total. The molecule has 10 heteroatoms. The van der Waals surface area contributed by atoms with E-state index in [1.807, 2.05) is 13.1 Å². The van der Waals surface area contributed by atoms with E-state index in [4.69, 9.17) is 0 Å². The molecular formula is C19H21F3N6O. The zero-order chi connectivity index (χ0) is 20.6. The van der Waals surface area contributed by atoms with Crippen LogP contribution in [0.1, 0.15) is 37.8 Å². The van der Waals surface area contributed by atoms with Gasteiger partial charge in [0.1, 0.15) is 0 Å². The number of nitrogens with one attached hydrogen (secondary N) is 1. The van der Waals surface area contributed by atoms with Crippen LogP contribution in [0.25, 0.3) is 5.57 Å². The van der Waals surface area contributed by atoms with Crippen molar-refractivity contribution in [2.75, 3.05) is 5.32 Å². The van der Waals surface area contributed by atoms with Gasteiger partial charge in [0.2, 0.25) is 11.9 Å². The molecular weight excluding hydrogens is 385 g/mol. The maximum absolute atomic E-state index is 12.5. The van der Waals surface area contributed by atoms with Crippen molar-refractivity contribution in [3.63, 3.8) is 0 Å². The number of rotatable bonds is 5. The van der Waals surface area contributed by atoms with E-state index in [9.17, 15) is 18.0 Å². The zero-order valence-corrected chi connectivity index (χ0v) is 15.9. The third-order valence-electron chi connectivity index (χ3n) is 5.25. The summed E-state index contributed by atoms with van der Waals surface area (Å²) in [7, 11) is 1.81. The number of aryl methyl sites for hydroxylation is 1. The van der Waals surface area contributed by atoms with Crippen molar-refractivity contribution in [2.45, 2.75) is 50.4 Å². The number of hydrogen-bond donors (Lipinski definition) is 1. The quantitative estimate of drug-likeness (QED) is 0.823. The molecule has 1 N–H and O–H groups in total. The molecule has 0 aliphatic carbocycles. The van der Waals surface area contributed by atoms with Crippen LogP contribution in [0, 0.1) is 0 Å². The molecule has 154 valence electrons. The molecule has 0 unspecified atom stereocenters. The second-order valence-corrected chi connectivity index (χ2v) is 7.40. The van der Waals surface area contributed by atoms with Gasteiger partial charge in [-0.15, -0.1) is 0 Å². The molecule has 0 radical (unpaired) electrons. The Kier molecular flexibility index (Phi) is 5.01. The van der Waals surface area contributed by atoms with Crippen LogP contribution < -0.4 is 5.32 Å². The third-order valence-corrected chi connectivity index (χ3v) is 5.25. The molecule has 4 rings (SSSR count). The summed E-state index contributed by atoms with van der Waals surface area (Å²) >= 11 is 0. The fourth-order valence-electron chi connectivity index (χ4n) is 4.00. The highest BCUT2D eigenvalue weighted by Gasteiger charge is 2.40. The molecule has 4 heterocycles. The summed E-state index contributed by atoms with van der Waals surface area (Å²) in [6.07, 6.45) is 3.34. The largest absolute Gasteiger partial charge is 0.389 e. The first kappa shape index (κ1) is 19.4. The number of aromatic nitrogens is 4. The van der Waals surface area contributed by atoms with Crippen LogP contribution >= 0.6 is 0 Å². The maximum Gasteiger partial charge on any atom is 0.389 e. The van der Waals surface area contributed by atoms with Crippen LogP contribution in [0.2, 0.25) is 0 Å². The molecule has 2 aliphatic rings. The first-order chi connectivity index (χ1) is 13.8. The van der Waals surface area contributed by atoms with Crippen molar-refractivity contribution in [3.05, 3.63) is 36.4 Å². The number of amides is 1. The van der Waals surface area contributed by atoms with Gasteiger partial charge >= 0.3 is 6.18 Å². The van der Waals surface area contributed by atoms with E-state index in [1.54, 1.807) is 34.2 Å². The molecule has 0 aromatic carbocycles. The lowest BCUT2D eigenvalue weighted by atomic mass is 9.98. The fourth-order valence-corrected chi connectivity index (χ4v) is 4.00. The third kappa shape index (κ3) is 4.41. The van der Waals surface area contributed by atoms with Gasteiger partial charge in [-0.05, 0) is 30.9 Å². The summed E-state index contributed by atoms with van der Waals surface area (Å²) < 4.78 is 39.1. The number of fused-ring (bicyclic) bond motifs is 2. The Hall–Kier alpha value is -2.91. The van der Waals surface area contributed by atoms with Crippen molar-refractivity contribution < 1.29 is 18.0 Å². The summed E-state index contributed by atoms with van der Waals surface area (Å²) in [6, 6.07) is 1.56. The van der Waals surface area contributed by atoms with E-state index in [0.717, 1.165) is 29.8 Å². The number of halogens is 3. The van der Waals surface area contributed by atoms with Crippen molar-refractivity contribution in [1.82, 2.24) is 24.6 Å². The number of alkyl halides is 3. The fraction of sp³-hybridized carbons (Fsp3) is 0.474. The molecule has 2 aromatic heterocycles. The Morgan fingerprint density at radius 1 is 1.34 bits per heavy atom. The van der Waals surface area contributed by atoms with E-state index in [0.29, 0.717) is 12.4 Å². The van der Waals surface area contributed by atoms with Gasteiger partial charge in [0, 0.05) is 31.9 Å². The monoisotopic (exact) mass is 406 g/mol.